The van der Waals surface area contributed by atoms with Crippen molar-refractivity contribution in [1.82, 2.24) is 10.6 Å². The highest BCUT2D eigenvalue weighted by Crippen LogP contribution is 2.68. The summed E-state index contributed by atoms with van der Waals surface area (Å²) < 4.78 is 0. The van der Waals surface area contributed by atoms with Crippen molar-refractivity contribution >= 4 is 29.9 Å². The summed E-state index contributed by atoms with van der Waals surface area (Å²) in [7, 11) is 0. The van der Waals surface area contributed by atoms with Crippen LogP contribution in [0.4, 0.5) is 0 Å². The van der Waals surface area contributed by atoms with Gasteiger partial charge in [-0.1, -0.05) is 40.2 Å². The molecule has 0 aromatic heterocycles. The van der Waals surface area contributed by atoms with Gasteiger partial charge in [0.25, 0.3) is 0 Å². The molecule has 0 saturated heterocycles. The molecule has 0 aromatic carbocycles. The number of amides is 2. The van der Waals surface area contributed by atoms with Crippen LogP contribution in [0, 0.1) is 75.9 Å². The van der Waals surface area contributed by atoms with Gasteiger partial charge in [0.2, 0.25) is 12.3 Å². The molecule has 0 aliphatic heterocycles. The third-order valence-corrected chi connectivity index (χ3v) is 15.7. The lowest BCUT2D eigenvalue weighted by Gasteiger charge is -2.63. The summed E-state index contributed by atoms with van der Waals surface area (Å²) >= 11 is 0. The molecule has 0 radical (unpaired) electrons. The van der Waals surface area contributed by atoms with Gasteiger partial charge in [-0.2, -0.15) is 0 Å². The highest BCUT2D eigenvalue weighted by molar-refractivity contribution is 6.00. The maximum absolute atomic E-state index is 13.8. The normalized spacial score (nSPS) is 41.5. The Balaban J connectivity index is 1.16. The molecule has 6 aliphatic rings. The van der Waals surface area contributed by atoms with Crippen molar-refractivity contribution in [2.45, 2.75) is 131 Å². The second-order valence-corrected chi connectivity index (χ2v) is 18.6. The van der Waals surface area contributed by atoms with E-state index in [1.165, 1.54) is 31.3 Å². The van der Waals surface area contributed by atoms with Crippen molar-refractivity contribution in [1.29, 1.82) is 0 Å². The van der Waals surface area contributed by atoms with E-state index in [0.29, 0.717) is 85.2 Å². The van der Waals surface area contributed by atoms with Gasteiger partial charge in [0, 0.05) is 30.7 Å². The van der Waals surface area contributed by atoms with Crippen LogP contribution in [0.2, 0.25) is 0 Å². The van der Waals surface area contributed by atoms with Crippen LogP contribution in [-0.2, 0) is 24.0 Å². The number of ketones is 2. The van der Waals surface area contributed by atoms with Gasteiger partial charge in [0.1, 0.15) is 11.3 Å². The van der Waals surface area contributed by atoms with Crippen molar-refractivity contribution < 1.29 is 29.1 Å². The number of hydrogen-bond donors (Lipinski definition) is 3. The molecule has 0 heterocycles. The van der Waals surface area contributed by atoms with E-state index in [0.717, 1.165) is 37.7 Å². The lowest BCUT2D eigenvalue weighted by Crippen LogP contribution is -2.56. The molecular weight excluding hydrogens is 616 g/mol. The fourth-order valence-electron chi connectivity index (χ4n) is 12.9. The SMILES string of the molecule is CC(C)C1=C2C3CCC4C(CCC5C(C)C(CC(=O)C6CC(C(=O)O)C6C)CCC54C)C3CCC2(CCNC(=O)C(C)(C)NC=O)CC1=O. The van der Waals surface area contributed by atoms with Gasteiger partial charge in [-0.3, -0.25) is 24.0 Å². The summed E-state index contributed by atoms with van der Waals surface area (Å²) in [5.41, 5.74) is 1.64. The third-order valence-electron chi connectivity index (χ3n) is 15.7. The van der Waals surface area contributed by atoms with Crippen LogP contribution in [0.15, 0.2) is 11.1 Å². The lowest BCUT2D eigenvalue weighted by atomic mass is 9.42. The summed E-state index contributed by atoms with van der Waals surface area (Å²) in [6.45, 7) is 15.2. The largest absolute Gasteiger partial charge is 0.481 e. The summed E-state index contributed by atoms with van der Waals surface area (Å²) in [5, 5.41) is 15.1. The third kappa shape index (κ3) is 6.03. The minimum atomic E-state index is -0.982. The number of carboxylic acids is 1. The highest BCUT2D eigenvalue weighted by Gasteiger charge is 2.61. The Labute approximate surface area is 293 Å². The lowest BCUT2D eigenvalue weighted by molar-refractivity contribution is -0.154. The van der Waals surface area contributed by atoms with Crippen LogP contribution in [-0.4, -0.2) is 47.0 Å². The smallest absolute Gasteiger partial charge is 0.306 e. The minimum absolute atomic E-state index is 0.0490. The maximum atomic E-state index is 13.8. The predicted octanol–water partition coefficient (Wildman–Crippen LogP) is 6.76. The van der Waals surface area contributed by atoms with Gasteiger partial charge in [-0.15, -0.1) is 0 Å². The zero-order chi connectivity index (χ0) is 35.6. The summed E-state index contributed by atoms with van der Waals surface area (Å²) in [4.78, 5) is 62.5. The molecule has 8 heteroatoms. The van der Waals surface area contributed by atoms with Crippen LogP contribution in [0.1, 0.15) is 126 Å². The molecule has 49 heavy (non-hydrogen) atoms. The van der Waals surface area contributed by atoms with E-state index in [-0.39, 0.29) is 40.4 Å². The molecule has 6 rings (SSSR count). The maximum Gasteiger partial charge on any atom is 0.306 e. The van der Waals surface area contributed by atoms with E-state index in [9.17, 15) is 29.1 Å². The van der Waals surface area contributed by atoms with E-state index in [1.807, 2.05) is 6.92 Å². The number of hydrogen-bond acceptors (Lipinski definition) is 5. The Morgan fingerprint density at radius 3 is 2.33 bits per heavy atom. The molecule has 0 bridgehead atoms. The number of carbonyl (C=O) groups is 5. The summed E-state index contributed by atoms with van der Waals surface area (Å²) in [6.07, 6.45) is 12.2. The number of rotatable bonds is 11. The number of carboxylic acid groups (broad SMARTS) is 1. The summed E-state index contributed by atoms with van der Waals surface area (Å²) in [6, 6.07) is 0. The molecule has 5 fully saturated rings. The fourth-order valence-corrected chi connectivity index (χ4v) is 12.9. The number of fused-ring (bicyclic) bond motifs is 7. The zero-order valence-corrected chi connectivity index (χ0v) is 31.1. The van der Waals surface area contributed by atoms with Crippen LogP contribution in [0.25, 0.3) is 0 Å². The first kappa shape index (κ1) is 36.3. The Morgan fingerprint density at radius 2 is 1.67 bits per heavy atom. The zero-order valence-electron chi connectivity index (χ0n) is 31.1. The molecule has 5 saturated carbocycles. The summed E-state index contributed by atoms with van der Waals surface area (Å²) in [5.74, 6) is 3.23. The van der Waals surface area contributed by atoms with E-state index < -0.39 is 11.5 Å². The van der Waals surface area contributed by atoms with Crippen molar-refractivity contribution in [3.8, 4) is 0 Å². The molecule has 6 aliphatic carbocycles. The second-order valence-electron chi connectivity index (χ2n) is 18.6. The molecule has 3 N–H and O–H groups in total. The van der Waals surface area contributed by atoms with E-state index >= 15 is 0 Å². The van der Waals surface area contributed by atoms with Crippen LogP contribution < -0.4 is 10.6 Å². The van der Waals surface area contributed by atoms with Gasteiger partial charge >= 0.3 is 5.97 Å². The fraction of sp³-hybridized carbons (Fsp3) is 0.829. The molecule has 0 spiro atoms. The molecule has 272 valence electrons. The first-order valence-electron chi connectivity index (χ1n) is 19.6. The predicted molar refractivity (Wildman–Crippen MR) is 188 cm³/mol. The average molecular weight is 679 g/mol. The first-order chi connectivity index (χ1) is 23.1. The average Bonchev–Trinajstić information content (AvgIpc) is 3.33. The van der Waals surface area contributed by atoms with Gasteiger partial charge in [0.05, 0.1) is 5.92 Å². The second kappa shape index (κ2) is 13.2. The van der Waals surface area contributed by atoms with Crippen LogP contribution in [0.3, 0.4) is 0 Å². The molecule has 2 amide bonds. The van der Waals surface area contributed by atoms with Crippen molar-refractivity contribution in [3.63, 3.8) is 0 Å². The van der Waals surface area contributed by atoms with E-state index in [2.05, 4.69) is 38.3 Å². The first-order valence-corrected chi connectivity index (χ1v) is 19.6. The standard InChI is InChI=1S/C41H62N2O6/c1-22(2)35-34(46)20-41(16-17-42-38(49)39(5,6)43-21-44)15-13-26-27-8-10-31-23(3)25(18-33(45)29-19-30(24(29)4)37(47)48)12-14-40(31,7)32(27)11-9-28(26)36(35)41/h21-32H,8-20H2,1-7H3,(H,42,49)(H,43,44)(H,47,48). The topological polar surface area (TPSA) is 130 Å². The Morgan fingerprint density at radius 1 is 0.959 bits per heavy atom. The number of nitrogens with one attached hydrogen (secondary N) is 2. The van der Waals surface area contributed by atoms with E-state index in [1.54, 1.807) is 13.8 Å². The number of carbonyl (C=O) groups excluding carboxylic acids is 4. The number of Topliss-reactive ketones (excluding diaryl/α,β-unsaturated/α-hetero) is 2. The van der Waals surface area contributed by atoms with Crippen molar-refractivity contribution in [2.24, 2.45) is 75.9 Å². The Kier molecular flexibility index (Phi) is 9.80. The monoisotopic (exact) mass is 678 g/mol. The van der Waals surface area contributed by atoms with E-state index in [4.69, 9.17) is 0 Å². The Bertz CT molecular complexity index is 1400. The van der Waals surface area contributed by atoms with Gasteiger partial charge in [-0.25, -0.2) is 0 Å². The highest BCUT2D eigenvalue weighted by atomic mass is 16.4. The number of allylic oxidation sites excluding steroid dienone is 2. The Hall–Kier alpha value is -2.51. The van der Waals surface area contributed by atoms with Crippen LogP contribution >= 0.6 is 0 Å². The van der Waals surface area contributed by atoms with Gasteiger partial charge < -0.3 is 15.7 Å². The molecule has 0 aromatic rings. The molecule has 12 atom stereocenters. The van der Waals surface area contributed by atoms with Gasteiger partial charge in [-0.05, 0) is 142 Å². The van der Waals surface area contributed by atoms with Crippen LogP contribution in [0.5, 0.6) is 0 Å². The molecule has 12 unspecified atom stereocenters. The van der Waals surface area contributed by atoms with Gasteiger partial charge in [0.15, 0.2) is 5.78 Å². The van der Waals surface area contributed by atoms with Crippen molar-refractivity contribution in [3.05, 3.63) is 11.1 Å². The minimum Gasteiger partial charge on any atom is -0.481 e. The molecule has 8 nitrogen and oxygen atoms in total. The molecular formula is C41H62N2O6. The quantitative estimate of drug-likeness (QED) is 0.207. The van der Waals surface area contributed by atoms with Crippen molar-refractivity contribution in [2.75, 3.05) is 6.54 Å². The number of aliphatic carboxylic acids is 1.